The molecule has 1 aromatic carbocycles. The number of nitro groups is 1. The van der Waals surface area contributed by atoms with Crippen molar-refractivity contribution in [1.29, 1.82) is 5.26 Å². The smallest absolute Gasteiger partial charge is 0.341 e. The minimum absolute atomic E-state index is 0.0908. The summed E-state index contributed by atoms with van der Waals surface area (Å²) in [5, 5.41) is 29.6. The number of carbonyl (C=O) groups is 2. The molecule has 9 heteroatoms. The number of cyclic esters (lactones) is 1. The van der Waals surface area contributed by atoms with Crippen LogP contribution in [0.2, 0.25) is 0 Å². The summed E-state index contributed by atoms with van der Waals surface area (Å²) in [7, 11) is 0. The molecule has 0 atom stereocenters. The van der Waals surface area contributed by atoms with Crippen LogP contribution < -0.4 is 0 Å². The first-order chi connectivity index (χ1) is 11.4. The molecule has 24 heavy (non-hydrogen) atoms. The van der Waals surface area contributed by atoms with Crippen molar-refractivity contribution in [1.82, 2.24) is 4.98 Å². The lowest BCUT2D eigenvalue weighted by atomic mass is 9.92. The largest absolute Gasteiger partial charge is 0.478 e. The van der Waals surface area contributed by atoms with Crippen LogP contribution in [0.25, 0.3) is 11.1 Å². The number of esters is 1. The van der Waals surface area contributed by atoms with Crippen molar-refractivity contribution in [3.63, 3.8) is 0 Å². The highest BCUT2D eigenvalue weighted by atomic mass is 16.6. The summed E-state index contributed by atoms with van der Waals surface area (Å²) in [6, 6.07) is 6.82. The second-order valence-electron chi connectivity index (χ2n) is 4.83. The second kappa shape index (κ2) is 5.44. The Bertz CT molecular complexity index is 960. The number of carboxylic acid groups (broad SMARTS) is 1. The van der Waals surface area contributed by atoms with E-state index in [4.69, 9.17) is 10.00 Å². The highest BCUT2D eigenvalue weighted by molar-refractivity contribution is 6.08. The number of carboxylic acids is 1. The highest BCUT2D eigenvalue weighted by Crippen LogP contribution is 2.36. The van der Waals surface area contributed by atoms with Gasteiger partial charge in [0.25, 0.3) is 5.69 Å². The molecule has 2 heterocycles. The Labute approximate surface area is 133 Å². The van der Waals surface area contributed by atoms with Gasteiger partial charge >= 0.3 is 11.9 Å². The van der Waals surface area contributed by atoms with Crippen molar-refractivity contribution in [2.75, 3.05) is 0 Å². The van der Waals surface area contributed by atoms with Gasteiger partial charge in [0.15, 0.2) is 5.69 Å². The van der Waals surface area contributed by atoms with E-state index in [1.807, 2.05) is 0 Å². The van der Waals surface area contributed by atoms with Crippen LogP contribution >= 0.6 is 0 Å². The van der Waals surface area contributed by atoms with Crippen LogP contribution in [0, 0.1) is 21.4 Å². The van der Waals surface area contributed by atoms with Crippen molar-refractivity contribution in [2.45, 2.75) is 6.61 Å². The number of nitriles is 1. The van der Waals surface area contributed by atoms with Gasteiger partial charge in [-0.2, -0.15) is 5.26 Å². The molecule has 0 fully saturated rings. The first-order valence-electron chi connectivity index (χ1n) is 6.56. The maximum Gasteiger partial charge on any atom is 0.341 e. The van der Waals surface area contributed by atoms with E-state index in [9.17, 15) is 24.8 Å². The molecule has 0 saturated carbocycles. The monoisotopic (exact) mass is 325 g/mol. The average molecular weight is 325 g/mol. The quantitative estimate of drug-likeness (QED) is 0.512. The Morgan fingerprint density at radius 3 is 2.79 bits per heavy atom. The molecular formula is C15H7N3O6. The number of ether oxygens (including phenoxy) is 1. The van der Waals surface area contributed by atoms with E-state index in [-0.39, 0.29) is 40.4 Å². The first-order valence-corrected chi connectivity index (χ1v) is 6.56. The van der Waals surface area contributed by atoms with E-state index < -0.39 is 22.4 Å². The predicted molar refractivity (Wildman–Crippen MR) is 77.1 cm³/mol. The fourth-order valence-corrected chi connectivity index (χ4v) is 2.52. The lowest BCUT2D eigenvalue weighted by Crippen LogP contribution is -2.11. The first kappa shape index (κ1) is 15.1. The van der Waals surface area contributed by atoms with Crippen LogP contribution in [-0.4, -0.2) is 27.0 Å². The summed E-state index contributed by atoms with van der Waals surface area (Å²) in [6.45, 7) is -0.190. The molecule has 3 rings (SSSR count). The zero-order valence-corrected chi connectivity index (χ0v) is 11.8. The van der Waals surface area contributed by atoms with E-state index in [0.29, 0.717) is 0 Å². The lowest BCUT2D eigenvalue weighted by Gasteiger charge is -2.11. The molecule has 1 aliphatic rings. The number of carbonyl (C=O) groups excluding carboxylic acids is 1. The summed E-state index contributed by atoms with van der Waals surface area (Å²) >= 11 is 0. The summed E-state index contributed by atoms with van der Waals surface area (Å²) in [5.74, 6) is -2.26. The molecular weight excluding hydrogens is 318 g/mol. The number of fused-ring (bicyclic) bond motifs is 1. The Morgan fingerprint density at radius 1 is 1.42 bits per heavy atom. The number of hydrogen-bond acceptors (Lipinski definition) is 7. The maximum atomic E-state index is 12.0. The molecule has 1 aromatic heterocycles. The number of rotatable bonds is 3. The van der Waals surface area contributed by atoms with Crippen LogP contribution in [0.4, 0.5) is 5.69 Å². The fraction of sp³-hybridized carbons (Fsp3) is 0.0667. The number of non-ortho nitro benzene ring substituents is 1. The minimum atomic E-state index is -1.47. The normalized spacial score (nSPS) is 12.2. The van der Waals surface area contributed by atoms with Gasteiger partial charge in [-0.05, 0) is 5.56 Å². The van der Waals surface area contributed by atoms with Crippen LogP contribution in [0.1, 0.15) is 32.1 Å². The van der Waals surface area contributed by atoms with E-state index in [2.05, 4.69) is 4.98 Å². The van der Waals surface area contributed by atoms with Crippen molar-refractivity contribution in [3.8, 4) is 17.2 Å². The Hall–Kier alpha value is -3.80. The third kappa shape index (κ3) is 2.22. The number of aromatic nitrogens is 1. The van der Waals surface area contributed by atoms with Crippen molar-refractivity contribution in [3.05, 3.63) is 56.9 Å². The number of nitrogens with zero attached hydrogens (tertiary/aromatic N) is 3. The number of benzene rings is 1. The summed E-state index contributed by atoms with van der Waals surface area (Å²) < 4.78 is 4.86. The number of aromatic carboxylic acids is 1. The second-order valence-corrected chi connectivity index (χ2v) is 4.83. The molecule has 0 unspecified atom stereocenters. The molecule has 0 bridgehead atoms. The van der Waals surface area contributed by atoms with Gasteiger partial charge in [0.05, 0.1) is 16.2 Å². The summed E-state index contributed by atoms with van der Waals surface area (Å²) in [5.41, 5.74) is -1.10. The Morgan fingerprint density at radius 2 is 2.17 bits per heavy atom. The van der Waals surface area contributed by atoms with E-state index in [1.54, 1.807) is 6.07 Å². The molecule has 9 nitrogen and oxygen atoms in total. The molecule has 0 saturated heterocycles. The maximum absolute atomic E-state index is 12.0. The van der Waals surface area contributed by atoms with Gasteiger partial charge in [-0.15, -0.1) is 0 Å². The van der Waals surface area contributed by atoms with Gasteiger partial charge in [0, 0.05) is 17.7 Å². The summed E-state index contributed by atoms with van der Waals surface area (Å²) in [6.07, 6.45) is 0. The number of nitro benzene ring substituents is 1. The Balaban J connectivity index is 2.42. The Kier molecular flexibility index (Phi) is 3.42. The molecule has 0 radical (unpaired) electrons. The van der Waals surface area contributed by atoms with Crippen LogP contribution in [0.3, 0.4) is 0 Å². The van der Waals surface area contributed by atoms with Crippen molar-refractivity contribution >= 4 is 17.6 Å². The molecule has 2 aromatic rings. The van der Waals surface area contributed by atoms with Crippen molar-refractivity contribution in [2.24, 2.45) is 0 Å². The molecule has 0 aliphatic carbocycles. The topological polar surface area (TPSA) is 143 Å². The van der Waals surface area contributed by atoms with Crippen LogP contribution in [0.5, 0.6) is 0 Å². The molecule has 1 N–H and O–H groups in total. The predicted octanol–water partition coefficient (Wildman–Crippen LogP) is 1.90. The van der Waals surface area contributed by atoms with E-state index >= 15 is 0 Å². The van der Waals surface area contributed by atoms with Gasteiger partial charge < -0.3 is 9.84 Å². The standard InChI is InChI=1S/C15H7N3O6/c16-5-9-12(14(19)20)11(13-10(17-9)6-24-15(13)21)7-2-1-3-8(4-7)18(22)23/h1-4H,6H2,(H,19,20). The minimum Gasteiger partial charge on any atom is -0.478 e. The van der Waals surface area contributed by atoms with Gasteiger partial charge in [0.1, 0.15) is 18.2 Å². The summed E-state index contributed by atoms with van der Waals surface area (Å²) in [4.78, 5) is 37.8. The third-order valence-electron chi connectivity index (χ3n) is 3.48. The van der Waals surface area contributed by atoms with Crippen molar-refractivity contribution < 1.29 is 24.4 Å². The molecule has 118 valence electrons. The number of hydrogen-bond donors (Lipinski definition) is 1. The fourth-order valence-electron chi connectivity index (χ4n) is 2.52. The molecule has 0 spiro atoms. The van der Waals surface area contributed by atoms with Gasteiger partial charge in [-0.25, -0.2) is 14.6 Å². The van der Waals surface area contributed by atoms with Crippen LogP contribution in [-0.2, 0) is 11.3 Å². The van der Waals surface area contributed by atoms with Gasteiger partial charge in [0.2, 0.25) is 0 Å². The zero-order valence-electron chi connectivity index (χ0n) is 11.8. The SMILES string of the molecule is N#Cc1nc2c(c(-c3cccc([N+](=O)[O-])c3)c1C(=O)O)C(=O)OC2. The zero-order chi connectivity index (χ0) is 17.4. The molecule has 0 amide bonds. The lowest BCUT2D eigenvalue weighted by molar-refractivity contribution is -0.384. The third-order valence-corrected chi connectivity index (χ3v) is 3.48. The number of pyridine rings is 1. The van der Waals surface area contributed by atoms with E-state index in [0.717, 1.165) is 6.07 Å². The average Bonchev–Trinajstić information content (AvgIpc) is 2.94. The van der Waals surface area contributed by atoms with Gasteiger partial charge in [-0.1, -0.05) is 12.1 Å². The van der Waals surface area contributed by atoms with Gasteiger partial charge in [-0.3, -0.25) is 10.1 Å². The highest BCUT2D eigenvalue weighted by Gasteiger charge is 2.33. The molecule has 1 aliphatic heterocycles. The van der Waals surface area contributed by atoms with E-state index in [1.165, 1.54) is 18.2 Å². The van der Waals surface area contributed by atoms with Crippen LogP contribution in [0.15, 0.2) is 24.3 Å².